The van der Waals surface area contributed by atoms with Gasteiger partial charge in [-0.05, 0) is 30.4 Å². The number of rotatable bonds is 4. The predicted octanol–water partition coefficient (Wildman–Crippen LogP) is 1.44. The van der Waals surface area contributed by atoms with E-state index in [0.29, 0.717) is 19.0 Å². The van der Waals surface area contributed by atoms with Gasteiger partial charge in [-0.3, -0.25) is 4.79 Å². The largest absolute Gasteiger partial charge is 0.357 e. The summed E-state index contributed by atoms with van der Waals surface area (Å²) in [6, 6.07) is 2.10. The quantitative estimate of drug-likeness (QED) is 0.328. The fourth-order valence-electron chi connectivity index (χ4n) is 2.18. The first-order valence-corrected chi connectivity index (χ1v) is 7.91. The number of hydrogen-bond donors (Lipinski definition) is 2. The van der Waals surface area contributed by atoms with Crippen molar-refractivity contribution in [2.75, 3.05) is 26.2 Å². The lowest BCUT2D eigenvalue weighted by atomic mass is 10.1. The third kappa shape index (κ3) is 5.18. The number of carbonyl (C=O) groups is 1. The molecule has 1 aliphatic rings. The minimum Gasteiger partial charge on any atom is -0.357 e. The number of nitrogens with one attached hydrogen (secondary N) is 2. The van der Waals surface area contributed by atoms with Crippen molar-refractivity contribution in [3.8, 4) is 12.3 Å². The lowest BCUT2D eigenvalue weighted by Gasteiger charge is -2.26. The lowest BCUT2D eigenvalue weighted by molar-refractivity contribution is -0.130. The van der Waals surface area contributed by atoms with E-state index < -0.39 is 0 Å². The minimum absolute atomic E-state index is 0. The molecule has 2 N–H and O–H groups in total. The molecule has 0 atom stereocenters. The van der Waals surface area contributed by atoms with Gasteiger partial charge in [0, 0.05) is 24.5 Å². The van der Waals surface area contributed by atoms with E-state index in [2.05, 4.69) is 33.0 Å². The Labute approximate surface area is 152 Å². The van der Waals surface area contributed by atoms with Crippen LogP contribution in [0.5, 0.6) is 0 Å². The number of halogens is 1. The maximum Gasteiger partial charge on any atom is 0.244 e. The Morgan fingerprint density at radius 2 is 2.36 bits per heavy atom. The smallest absolute Gasteiger partial charge is 0.244 e. The molecule has 2 rings (SSSR count). The van der Waals surface area contributed by atoms with Gasteiger partial charge in [-0.25, -0.2) is 4.99 Å². The Bertz CT molecular complexity index is 564. The number of thiophene rings is 1. The molecule has 0 unspecified atom stereocenters. The zero-order valence-corrected chi connectivity index (χ0v) is 15.7. The molecular formula is C15H21IN4OS. The number of amides is 1. The molecule has 1 aromatic heterocycles. The fraction of sp³-hybridized carbons (Fsp3) is 0.467. The maximum atomic E-state index is 12.2. The van der Waals surface area contributed by atoms with Gasteiger partial charge in [-0.2, -0.15) is 0 Å². The number of carbonyl (C=O) groups excluding carboxylic acids is 1. The van der Waals surface area contributed by atoms with Gasteiger partial charge in [0.25, 0.3) is 0 Å². The fourth-order valence-corrected chi connectivity index (χ4v) is 3.07. The van der Waals surface area contributed by atoms with Gasteiger partial charge in [-0.1, -0.05) is 5.92 Å². The SMILES string of the molecule is C#CCNC(=NCC(=O)N1CCc2sccc2C1)NCC.I. The molecule has 0 spiro atoms. The van der Waals surface area contributed by atoms with E-state index >= 15 is 0 Å². The molecule has 0 bridgehead atoms. The highest BCUT2D eigenvalue weighted by Crippen LogP contribution is 2.23. The zero-order valence-electron chi connectivity index (χ0n) is 12.6. The van der Waals surface area contributed by atoms with Crippen molar-refractivity contribution in [1.82, 2.24) is 15.5 Å². The highest BCUT2D eigenvalue weighted by atomic mass is 127. The second kappa shape index (κ2) is 9.69. The third-order valence-electron chi connectivity index (χ3n) is 3.23. The van der Waals surface area contributed by atoms with Crippen LogP contribution in [0.15, 0.2) is 16.4 Å². The van der Waals surface area contributed by atoms with E-state index in [1.54, 1.807) is 11.3 Å². The normalized spacial score (nSPS) is 13.6. The van der Waals surface area contributed by atoms with Gasteiger partial charge >= 0.3 is 0 Å². The maximum absolute atomic E-state index is 12.2. The van der Waals surface area contributed by atoms with Gasteiger partial charge in [0.05, 0.1) is 6.54 Å². The van der Waals surface area contributed by atoms with E-state index in [1.807, 2.05) is 11.8 Å². The topological polar surface area (TPSA) is 56.7 Å². The monoisotopic (exact) mass is 432 g/mol. The van der Waals surface area contributed by atoms with Crippen molar-refractivity contribution in [3.05, 3.63) is 21.9 Å². The highest BCUT2D eigenvalue weighted by Gasteiger charge is 2.21. The number of terminal acetylenes is 1. The average Bonchev–Trinajstić information content (AvgIpc) is 2.97. The van der Waals surface area contributed by atoms with Gasteiger partial charge < -0.3 is 15.5 Å². The second-order valence-corrected chi connectivity index (χ2v) is 5.69. The summed E-state index contributed by atoms with van der Waals surface area (Å²) in [7, 11) is 0. The molecule has 0 saturated heterocycles. The molecule has 2 heterocycles. The Hall–Kier alpha value is -1.27. The summed E-state index contributed by atoms with van der Waals surface area (Å²) in [4.78, 5) is 19.8. The second-order valence-electron chi connectivity index (χ2n) is 4.69. The molecule has 0 aliphatic carbocycles. The standard InChI is InChI=1S/C15H20N4OS.HI/c1-3-7-17-15(16-4-2)18-10-14(20)19-8-5-13-12(11-19)6-9-21-13;/h1,6,9H,4-5,7-8,10-11H2,2H3,(H2,16,17,18);1H. The van der Waals surface area contributed by atoms with Gasteiger partial charge in [0.1, 0.15) is 6.54 Å². The Morgan fingerprint density at radius 1 is 1.55 bits per heavy atom. The molecular weight excluding hydrogens is 411 g/mol. The molecule has 0 fully saturated rings. The van der Waals surface area contributed by atoms with Crippen molar-refractivity contribution >= 4 is 47.2 Å². The van der Waals surface area contributed by atoms with E-state index in [0.717, 1.165) is 19.5 Å². The summed E-state index contributed by atoms with van der Waals surface area (Å²) in [6.45, 7) is 4.70. The van der Waals surface area contributed by atoms with Crippen LogP contribution in [-0.4, -0.2) is 42.9 Å². The van der Waals surface area contributed by atoms with E-state index in [9.17, 15) is 4.79 Å². The van der Waals surface area contributed by atoms with Crippen molar-refractivity contribution in [3.63, 3.8) is 0 Å². The number of nitrogens with zero attached hydrogens (tertiary/aromatic N) is 2. The first kappa shape index (κ1) is 18.8. The number of aliphatic imine (C=N–C) groups is 1. The van der Waals surface area contributed by atoms with Crippen molar-refractivity contribution < 1.29 is 4.79 Å². The zero-order chi connectivity index (χ0) is 15.1. The van der Waals surface area contributed by atoms with Crippen LogP contribution < -0.4 is 10.6 Å². The number of hydrogen-bond acceptors (Lipinski definition) is 3. The number of guanidine groups is 1. The molecule has 1 amide bonds. The first-order valence-electron chi connectivity index (χ1n) is 7.03. The van der Waals surface area contributed by atoms with E-state index in [1.165, 1.54) is 10.4 Å². The van der Waals surface area contributed by atoms with Gasteiger partial charge in [0.2, 0.25) is 5.91 Å². The van der Waals surface area contributed by atoms with Crippen LogP contribution in [0.3, 0.4) is 0 Å². The van der Waals surface area contributed by atoms with E-state index in [4.69, 9.17) is 6.42 Å². The molecule has 22 heavy (non-hydrogen) atoms. The molecule has 5 nitrogen and oxygen atoms in total. The summed E-state index contributed by atoms with van der Waals surface area (Å²) in [6.07, 6.45) is 6.15. The number of fused-ring (bicyclic) bond motifs is 1. The van der Waals surface area contributed by atoms with Crippen molar-refractivity contribution in [2.24, 2.45) is 4.99 Å². The van der Waals surface area contributed by atoms with Crippen molar-refractivity contribution in [1.29, 1.82) is 0 Å². The van der Waals surface area contributed by atoms with Crippen LogP contribution in [0, 0.1) is 12.3 Å². The highest BCUT2D eigenvalue weighted by molar-refractivity contribution is 14.0. The summed E-state index contributed by atoms with van der Waals surface area (Å²) in [5.41, 5.74) is 1.26. The molecule has 7 heteroatoms. The minimum atomic E-state index is 0. The van der Waals surface area contributed by atoms with Gasteiger partial charge in [0.15, 0.2) is 5.96 Å². The summed E-state index contributed by atoms with van der Waals surface area (Å²) in [5, 5.41) is 8.12. The van der Waals surface area contributed by atoms with Crippen LogP contribution in [-0.2, 0) is 17.8 Å². The van der Waals surface area contributed by atoms with Gasteiger partial charge in [-0.15, -0.1) is 41.7 Å². The van der Waals surface area contributed by atoms with Crippen LogP contribution >= 0.6 is 35.3 Å². The molecule has 1 aliphatic heterocycles. The molecule has 1 aromatic rings. The van der Waals surface area contributed by atoms with Crippen molar-refractivity contribution in [2.45, 2.75) is 19.9 Å². The van der Waals surface area contributed by atoms with E-state index in [-0.39, 0.29) is 36.4 Å². The molecule has 0 radical (unpaired) electrons. The average molecular weight is 432 g/mol. The Kier molecular flexibility index (Phi) is 8.27. The Morgan fingerprint density at radius 3 is 3.09 bits per heavy atom. The summed E-state index contributed by atoms with van der Waals surface area (Å²) >= 11 is 1.77. The summed E-state index contributed by atoms with van der Waals surface area (Å²) in [5.74, 6) is 3.12. The van der Waals surface area contributed by atoms with Crippen LogP contribution in [0.2, 0.25) is 0 Å². The molecule has 0 aromatic carbocycles. The predicted molar refractivity (Wildman–Crippen MR) is 102 cm³/mol. The van der Waals surface area contributed by atoms with Crippen LogP contribution in [0.4, 0.5) is 0 Å². The Balaban J connectivity index is 0.00000242. The third-order valence-corrected chi connectivity index (χ3v) is 4.26. The summed E-state index contributed by atoms with van der Waals surface area (Å²) < 4.78 is 0. The lowest BCUT2D eigenvalue weighted by Crippen LogP contribution is -2.40. The van der Waals surface area contributed by atoms with Crippen LogP contribution in [0.25, 0.3) is 0 Å². The van der Waals surface area contributed by atoms with Crippen LogP contribution in [0.1, 0.15) is 17.4 Å². The molecule has 0 saturated carbocycles. The molecule has 120 valence electrons. The first-order chi connectivity index (χ1) is 10.2.